The number of phenolic OH excluding ortho intramolecular Hbond substituents is 2. The average Bonchev–Trinajstić information content (AvgIpc) is 2.73. The van der Waals surface area contributed by atoms with Crippen molar-refractivity contribution in [2.24, 2.45) is 21.1 Å². The molecule has 9 aromatic rings. The van der Waals surface area contributed by atoms with E-state index in [9.17, 15) is 50.3 Å². The van der Waals surface area contributed by atoms with Crippen molar-refractivity contribution >= 4 is 50.2 Å². The maximum absolute atomic E-state index is 13.0. The number of phenols is 2. The third-order valence-electron chi connectivity index (χ3n) is 16.6. The van der Waals surface area contributed by atoms with Crippen LogP contribution >= 0.6 is 0 Å². The summed E-state index contributed by atoms with van der Waals surface area (Å²) in [4.78, 5) is 39.0. The summed E-state index contributed by atoms with van der Waals surface area (Å²) in [5.74, 6) is 0.0222. The summed E-state index contributed by atoms with van der Waals surface area (Å²) in [7, 11) is 0. The second-order valence-corrected chi connectivity index (χ2v) is 27.7. The van der Waals surface area contributed by atoms with Gasteiger partial charge < -0.3 is 30.6 Å². The molecule has 0 radical (unpaired) electrons. The first-order valence-electron chi connectivity index (χ1n) is 29.8. The van der Waals surface area contributed by atoms with E-state index < -0.39 is 27.1 Å². The van der Waals surface area contributed by atoms with Crippen molar-refractivity contribution in [1.82, 2.24) is 33.3 Å². The van der Waals surface area contributed by atoms with E-state index in [2.05, 4.69) is 112 Å². The standard InChI is InChI=1S/C34H43N5O6.C34H43N5O4/c1-32(2,3)21-33(4,5)23-17-24(34(6,7)22-11-9-8-10-12-22)30(42)26(18-23)36-35-25-19-28-29(20-27(25)39(44)45)38(14-16-41)31(43)37(28)13-15-40;1-32(2,3)21-33(4,5)23-17-24(34(6,7)22-11-9-8-10-12-22)30(42)29(18-23)39-35-25-19-27-28(20-26(25)36-39)38(14-16-41)31(43)37(27)13-15-40/h8-12,17-20,40-42H,13-16,21H2,1-7H3;8-12,17-20,40-42H,13-16,21H2,1-7H3. The Kier molecular flexibility index (Phi) is 18.7. The highest BCUT2D eigenvalue weighted by Crippen LogP contribution is 2.48. The molecule has 0 aliphatic carbocycles. The van der Waals surface area contributed by atoms with Gasteiger partial charge in [0.15, 0.2) is 5.69 Å². The van der Waals surface area contributed by atoms with Gasteiger partial charge in [-0.25, -0.2) is 9.59 Å². The van der Waals surface area contributed by atoms with Crippen LogP contribution in [0.5, 0.6) is 11.5 Å². The highest BCUT2D eigenvalue weighted by atomic mass is 16.6. The van der Waals surface area contributed by atoms with Crippen LogP contribution in [0.1, 0.15) is 143 Å². The number of imidazole rings is 2. The number of azo groups is 1. The van der Waals surface area contributed by atoms with Gasteiger partial charge in [0.05, 0.1) is 79.6 Å². The molecule has 20 nitrogen and oxygen atoms in total. The Bertz CT molecular complexity index is 4110. The minimum Gasteiger partial charge on any atom is -0.505 e. The van der Waals surface area contributed by atoms with Gasteiger partial charge in [0, 0.05) is 28.0 Å². The Morgan fingerprint density at radius 1 is 0.466 bits per heavy atom. The fraction of sp³-hybridized carbons (Fsp3) is 0.441. The van der Waals surface area contributed by atoms with Crippen molar-refractivity contribution in [3.05, 3.63) is 174 Å². The van der Waals surface area contributed by atoms with Gasteiger partial charge in [0.2, 0.25) is 0 Å². The lowest BCUT2D eigenvalue weighted by Gasteiger charge is -2.35. The molecule has 0 saturated heterocycles. The second-order valence-electron chi connectivity index (χ2n) is 27.7. The zero-order valence-corrected chi connectivity index (χ0v) is 53.3. The first kappa shape index (κ1) is 65.7. The predicted octanol–water partition coefficient (Wildman–Crippen LogP) is 12.1. The molecule has 20 heteroatoms. The van der Waals surface area contributed by atoms with Crippen LogP contribution in [0.3, 0.4) is 0 Å². The zero-order chi connectivity index (χ0) is 64.6. The van der Waals surface area contributed by atoms with Crippen LogP contribution in [0, 0.1) is 20.9 Å². The van der Waals surface area contributed by atoms with Gasteiger partial charge in [0.1, 0.15) is 33.9 Å². The number of rotatable bonds is 20. The van der Waals surface area contributed by atoms with Gasteiger partial charge in [-0.2, -0.15) is 0 Å². The van der Waals surface area contributed by atoms with Crippen LogP contribution in [0.2, 0.25) is 0 Å². The molecule has 6 aromatic carbocycles. The van der Waals surface area contributed by atoms with Crippen molar-refractivity contribution < 1.29 is 35.6 Å². The molecule has 3 aromatic heterocycles. The Morgan fingerprint density at radius 3 is 1.22 bits per heavy atom. The SMILES string of the molecule is CC(C)(C)CC(C)(C)c1cc(-n2nc3cc4c(cc3n2)n(CCO)c(=O)n4CCO)c(O)c(C(C)(C)c2ccccc2)c1.CC(C)(C)CC(C)(C)c1cc(N=Nc2cc3c(cc2[N+](=O)[O-])n(CCO)c(=O)n3CCO)c(O)c(C(C)(C)c2ccccc2)c1. The summed E-state index contributed by atoms with van der Waals surface area (Å²) in [5, 5.41) is 92.2. The maximum Gasteiger partial charge on any atom is 0.329 e. The number of nitro groups is 1. The van der Waals surface area contributed by atoms with Crippen LogP contribution in [-0.4, -0.2) is 95.3 Å². The van der Waals surface area contributed by atoms with Gasteiger partial charge in [-0.05, 0) is 87.1 Å². The molecule has 0 atom stereocenters. The average molecular weight is 1200 g/mol. The molecule has 0 unspecified atom stereocenters. The summed E-state index contributed by atoms with van der Waals surface area (Å²) in [6, 6.07) is 34.0. The minimum absolute atomic E-state index is 0.00495. The Morgan fingerprint density at radius 2 is 0.830 bits per heavy atom. The monoisotopic (exact) mass is 1200 g/mol. The number of aromatic nitrogens is 7. The van der Waals surface area contributed by atoms with Crippen molar-refractivity contribution in [1.29, 1.82) is 0 Å². The van der Waals surface area contributed by atoms with E-state index in [1.807, 2.05) is 74.5 Å². The molecule has 0 aliphatic heterocycles. The van der Waals surface area contributed by atoms with Crippen molar-refractivity contribution in [3.8, 4) is 17.2 Å². The molecule has 0 amide bonds. The van der Waals surface area contributed by atoms with E-state index in [-0.39, 0.29) is 108 Å². The van der Waals surface area contributed by atoms with Crippen LogP contribution in [0.4, 0.5) is 17.1 Å². The molecule has 0 aliphatic rings. The van der Waals surface area contributed by atoms with Crippen LogP contribution in [0.25, 0.3) is 38.8 Å². The first-order chi connectivity index (χ1) is 41.2. The number of hydrogen-bond acceptors (Lipinski definition) is 14. The van der Waals surface area contributed by atoms with Gasteiger partial charge in [0.25, 0.3) is 5.69 Å². The van der Waals surface area contributed by atoms with Crippen LogP contribution < -0.4 is 11.4 Å². The molecule has 468 valence electrons. The van der Waals surface area contributed by atoms with Gasteiger partial charge in [-0.3, -0.25) is 28.4 Å². The number of aliphatic hydroxyl groups excluding tert-OH is 4. The minimum atomic E-state index is -0.621. The van der Waals surface area contributed by atoms with E-state index in [4.69, 9.17) is 10.2 Å². The summed E-state index contributed by atoms with van der Waals surface area (Å²) in [5.41, 5.74) is 6.03. The Balaban J connectivity index is 0.000000228. The quantitative estimate of drug-likeness (QED) is 0.0236. The molecule has 0 bridgehead atoms. The van der Waals surface area contributed by atoms with Gasteiger partial charge in [-0.1, -0.05) is 170 Å². The highest BCUT2D eigenvalue weighted by Gasteiger charge is 2.36. The lowest BCUT2D eigenvalue weighted by Crippen LogP contribution is -2.27. The third-order valence-corrected chi connectivity index (χ3v) is 16.6. The lowest BCUT2D eigenvalue weighted by atomic mass is 9.70. The van der Waals surface area contributed by atoms with Crippen molar-refractivity contribution in [3.63, 3.8) is 0 Å². The van der Waals surface area contributed by atoms with Crippen LogP contribution in [-0.2, 0) is 47.8 Å². The Labute approximate surface area is 512 Å². The molecule has 9 rings (SSSR count). The number of aliphatic hydroxyl groups is 4. The second kappa shape index (κ2) is 25.1. The number of aromatic hydroxyl groups is 2. The molecule has 88 heavy (non-hydrogen) atoms. The topological polar surface area (TPSA) is 274 Å². The molecule has 0 saturated carbocycles. The van der Waals surface area contributed by atoms with E-state index in [1.165, 1.54) is 35.2 Å². The summed E-state index contributed by atoms with van der Waals surface area (Å²) < 4.78 is 5.47. The zero-order valence-electron chi connectivity index (χ0n) is 53.3. The van der Waals surface area contributed by atoms with E-state index in [0.29, 0.717) is 38.8 Å². The number of fused-ring (bicyclic) bond motifs is 3. The van der Waals surface area contributed by atoms with Gasteiger partial charge in [-0.15, -0.1) is 25.2 Å². The molecular formula is C68H86N10O10. The first-order valence-corrected chi connectivity index (χ1v) is 29.8. The summed E-state index contributed by atoms with van der Waals surface area (Å²) in [6.07, 6.45) is 1.76. The van der Waals surface area contributed by atoms with Gasteiger partial charge >= 0.3 is 11.4 Å². The van der Waals surface area contributed by atoms with Crippen molar-refractivity contribution in [2.75, 3.05) is 26.4 Å². The smallest absolute Gasteiger partial charge is 0.329 e. The molecule has 6 N–H and O–H groups in total. The molecule has 0 fully saturated rings. The normalized spacial score (nSPS) is 12.9. The summed E-state index contributed by atoms with van der Waals surface area (Å²) >= 11 is 0. The van der Waals surface area contributed by atoms with E-state index in [0.717, 1.165) is 40.7 Å². The molecule has 0 spiro atoms. The highest BCUT2D eigenvalue weighted by molar-refractivity contribution is 5.91. The molecule has 3 heterocycles. The third kappa shape index (κ3) is 13.4. The number of nitrogens with zero attached hydrogens (tertiary/aromatic N) is 10. The maximum atomic E-state index is 13.0. The van der Waals surface area contributed by atoms with Crippen molar-refractivity contribution in [2.45, 2.75) is 158 Å². The van der Waals surface area contributed by atoms with E-state index >= 15 is 0 Å². The largest absolute Gasteiger partial charge is 0.505 e. The predicted molar refractivity (Wildman–Crippen MR) is 345 cm³/mol. The lowest BCUT2D eigenvalue weighted by molar-refractivity contribution is -0.384. The number of benzene rings is 6. The molecular weight excluding hydrogens is 1120 g/mol. The van der Waals surface area contributed by atoms with E-state index in [1.54, 1.807) is 18.2 Å². The number of hydrogen-bond donors (Lipinski definition) is 6. The fourth-order valence-electron chi connectivity index (χ4n) is 12.8. The van der Waals surface area contributed by atoms with Crippen LogP contribution in [0.15, 0.2) is 129 Å². The number of nitro benzene ring substituents is 1. The Hall–Kier alpha value is -8.30. The summed E-state index contributed by atoms with van der Waals surface area (Å²) in [6.45, 7) is 29.3. The fourth-order valence-corrected chi connectivity index (χ4v) is 12.8.